The van der Waals surface area contributed by atoms with Gasteiger partial charge in [-0.3, -0.25) is 4.79 Å². The molecule has 0 saturated heterocycles. The first-order valence-corrected chi connectivity index (χ1v) is 8.89. The van der Waals surface area contributed by atoms with Gasteiger partial charge >= 0.3 is 0 Å². The fourth-order valence-corrected chi connectivity index (χ4v) is 3.86. The van der Waals surface area contributed by atoms with Crippen LogP contribution in [-0.2, 0) is 17.8 Å². The number of carbonyl (C=O) groups excluding carboxylic acids is 1. The van der Waals surface area contributed by atoms with Gasteiger partial charge in [0.1, 0.15) is 5.75 Å². The van der Waals surface area contributed by atoms with E-state index in [9.17, 15) is 4.79 Å². The molecule has 23 heavy (non-hydrogen) atoms. The monoisotopic (exact) mass is 389 g/mol. The molecule has 3 rings (SSSR count). The molecule has 1 N–H and O–H groups in total. The molecule has 2 aromatic carbocycles. The van der Waals surface area contributed by atoms with E-state index in [4.69, 9.17) is 4.74 Å². The first kappa shape index (κ1) is 16.0. The molecule has 5 heteroatoms. The average molecular weight is 390 g/mol. The van der Waals surface area contributed by atoms with Crippen molar-refractivity contribution in [3.8, 4) is 5.75 Å². The normalized spacial score (nSPS) is 10.7. The Bertz CT molecular complexity index is 844. The maximum absolute atomic E-state index is 12.3. The molecule has 0 aliphatic heterocycles. The largest absolute Gasteiger partial charge is 0.496 e. The van der Waals surface area contributed by atoms with Crippen molar-refractivity contribution in [2.75, 3.05) is 7.11 Å². The standard InChI is InChI=1S/C18H16BrNO2S/c1-22-16-7-6-14(19)8-12(16)10-20-18(21)9-13-11-23-17-5-3-2-4-15(13)17/h2-8,11H,9-10H2,1H3,(H,20,21). The molecule has 0 radical (unpaired) electrons. The Balaban J connectivity index is 1.67. The molecule has 118 valence electrons. The van der Waals surface area contributed by atoms with Gasteiger partial charge in [-0.05, 0) is 40.6 Å². The Morgan fingerprint density at radius 2 is 2.04 bits per heavy atom. The molecule has 3 aromatic rings. The van der Waals surface area contributed by atoms with Crippen LogP contribution < -0.4 is 10.1 Å². The van der Waals surface area contributed by atoms with Crippen LogP contribution in [0.5, 0.6) is 5.75 Å². The first-order valence-electron chi connectivity index (χ1n) is 7.21. The molecule has 0 aliphatic rings. The smallest absolute Gasteiger partial charge is 0.224 e. The summed E-state index contributed by atoms with van der Waals surface area (Å²) in [7, 11) is 1.63. The van der Waals surface area contributed by atoms with Crippen LogP contribution in [0.2, 0.25) is 0 Å². The Hall–Kier alpha value is -1.85. The second-order valence-electron chi connectivity index (χ2n) is 5.17. The Labute approximate surface area is 147 Å². The quantitative estimate of drug-likeness (QED) is 0.695. The third-order valence-corrected chi connectivity index (χ3v) is 5.14. The summed E-state index contributed by atoms with van der Waals surface area (Å²) >= 11 is 5.11. The molecular formula is C18H16BrNO2S. The highest BCUT2D eigenvalue weighted by molar-refractivity contribution is 9.10. The van der Waals surface area contributed by atoms with Crippen LogP contribution in [-0.4, -0.2) is 13.0 Å². The number of thiophene rings is 1. The highest BCUT2D eigenvalue weighted by Gasteiger charge is 2.10. The van der Waals surface area contributed by atoms with E-state index in [0.717, 1.165) is 26.7 Å². The van der Waals surface area contributed by atoms with Crippen molar-refractivity contribution in [1.29, 1.82) is 0 Å². The van der Waals surface area contributed by atoms with Gasteiger partial charge in [-0.2, -0.15) is 0 Å². The highest BCUT2D eigenvalue weighted by atomic mass is 79.9. The van der Waals surface area contributed by atoms with Gasteiger partial charge in [0.2, 0.25) is 5.91 Å². The molecular weight excluding hydrogens is 374 g/mol. The van der Waals surface area contributed by atoms with Gasteiger partial charge in [0.05, 0.1) is 13.5 Å². The second-order valence-corrected chi connectivity index (χ2v) is 6.99. The fraction of sp³-hybridized carbons (Fsp3) is 0.167. The summed E-state index contributed by atoms with van der Waals surface area (Å²) in [6.45, 7) is 0.448. The molecule has 3 nitrogen and oxygen atoms in total. The van der Waals surface area contributed by atoms with Gasteiger partial charge < -0.3 is 10.1 Å². The minimum Gasteiger partial charge on any atom is -0.496 e. The molecule has 0 saturated carbocycles. The molecule has 0 spiro atoms. The van der Waals surface area contributed by atoms with Gasteiger partial charge in [0.15, 0.2) is 0 Å². The van der Waals surface area contributed by atoms with Crippen LogP contribution in [0.25, 0.3) is 10.1 Å². The number of ether oxygens (including phenoxy) is 1. The van der Waals surface area contributed by atoms with E-state index in [2.05, 4.69) is 38.8 Å². The van der Waals surface area contributed by atoms with E-state index < -0.39 is 0 Å². The van der Waals surface area contributed by atoms with Crippen molar-refractivity contribution < 1.29 is 9.53 Å². The van der Waals surface area contributed by atoms with Gasteiger partial charge in [-0.1, -0.05) is 34.1 Å². The van der Waals surface area contributed by atoms with E-state index in [1.54, 1.807) is 18.4 Å². The third-order valence-electron chi connectivity index (χ3n) is 3.63. The summed E-state index contributed by atoms with van der Waals surface area (Å²) in [4.78, 5) is 12.3. The van der Waals surface area contributed by atoms with E-state index in [1.165, 1.54) is 4.70 Å². The topological polar surface area (TPSA) is 38.3 Å². The molecule has 1 amide bonds. The van der Waals surface area contributed by atoms with E-state index in [1.807, 2.05) is 30.3 Å². The van der Waals surface area contributed by atoms with Crippen LogP contribution in [0.1, 0.15) is 11.1 Å². The highest BCUT2D eigenvalue weighted by Crippen LogP contribution is 2.26. The van der Waals surface area contributed by atoms with Crippen molar-refractivity contribution in [2.45, 2.75) is 13.0 Å². The van der Waals surface area contributed by atoms with Gasteiger partial charge in [0, 0.05) is 21.3 Å². The molecule has 1 heterocycles. The zero-order chi connectivity index (χ0) is 16.2. The van der Waals surface area contributed by atoms with Crippen molar-refractivity contribution >= 4 is 43.3 Å². The lowest BCUT2D eigenvalue weighted by Gasteiger charge is -2.10. The van der Waals surface area contributed by atoms with Gasteiger partial charge in [0.25, 0.3) is 0 Å². The van der Waals surface area contributed by atoms with Gasteiger partial charge in [-0.15, -0.1) is 11.3 Å². The van der Waals surface area contributed by atoms with Crippen molar-refractivity contribution in [1.82, 2.24) is 5.32 Å². The minimum atomic E-state index is 0.00980. The van der Waals surface area contributed by atoms with Crippen LogP contribution in [0.3, 0.4) is 0 Å². The molecule has 0 atom stereocenters. The number of amides is 1. The summed E-state index contributed by atoms with van der Waals surface area (Å²) in [5.41, 5.74) is 2.02. The Morgan fingerprint density at radius 3 is 2.87 bits per heavy atom. The number of methoxy groups -OCH3 is 1. The van der Waals surface area contributed by atoms with Crippen molar-refractivity contribution in [2.24, 2.45) is 0 Å². The Kier molecular flexibility index (Phi) is 4.98. The van der Waals surface area contributed by atoms with Crippen molar-refractivity contribution in [3.05, 3.63) is 63.4 Å². The number of carbonyl (C=O) groups is 1. The third kappa shape index (κ3) is 3.74. The number of halogens is 1. The summed E-state index contributed by atoms with van der Waals surface area (Å²) in [5, 5.41) is 6.19. The van der Waals surface area contributed by atoms with E-state index in [0.29, 0.717) is 13.0 Å². The molecule has 1 aromatic heterocycles. The van der Waals surface area contributed by atoms with Gasteiger partial charge in [-0.25, -0.2) is 0 Å². The van der Waals surface area contributed by atoms with Crippen molar-refractivity contribution in [3.63, 3.8) is 0 Å². The number of rotatable bonds is 5. The number of hydrogen-bond donors (Lipinski definition) is 1. The lowest BCUT2D eigenvalue weighted by molar-refractivity contribution is -0.120. The lowest BCUT2D eigenvalue weighted by atomic mass is 10.1. The molecule has 0 fully saturated rings. The predicted molar refractivity (Wildman–Crippen MR) is 98.1 cm³/mol. The summed E-state index contributed by atoms with van der Waals surface area (Å²) < 4.78 is 7.50. The maximum Gasteiger partial charge on any atom is 0.224 e. The Morgan fingerprint density at radius 1 is 1.22 bits per heavy atom. The van der Waals surface area contributed by atoms with Crippen LogP contribution >= 0.6 is 27.3 Å². The van der Waals surface area contributed by atoms with E-state index in [-0.39, 0.29) is 5.91 Å². The zero-order valence-electron chi connectivity index (χ0n) is 12.6. The first-order chi connectivity index (χ1) is 11.2. The van der Waals surface area contributed by atoms with E-state index >= 15 is 0 Å². The maximum atomic E-state index is 12.3. The summed E-state index contributed by atoms with van der Waals surface area (Å²) in [6.07, 6.45) is 0.389. The zero-order valence-corrected chi connectivity index (χ0v) is 15.0. The number of nitrogens with one attached hydrogen (secondary N) is 1. The minimum absolute atomic E-state index is 0.00980. The SMILES string of the molecule is COc1ccc(Br)cc1CNC(=O)Cc1csc2ccccc12. The van der Waals surface area contributed by atoms with Crippen LogP contribution in [0, 0.1) is 0 Å². The average Bonchev–Trinajstić information content (AvgIpc) is 2.96. The summed E-state index contributed by atoms with van der Waals surface area (Å²) in [6, 6.07) is 13.9. The number of fused-ring (bicyclic) bond motifs is 1. The predicted octanol–water partition coefficient (Wildman–Crippen LogP) is 4.53. The fourth-order valence-electron chi connectivity index (χ4n) is 2.48. The lowest BCUT2D eigenvalue weighted by Crippen LogP contribution is -2.24. The number of hydrogen-bond acceptors (Lipinski definition) is 3. The number of benzene rings is 2. The summed E-state index contributed by atoms with van der Waals surface area (Å²) in [5.74, 6) is 0.782. The molecule has 0 aliphatic carbocycles. The molecule has 0 unspecified atom stereocenters. The van der Waals surface area contributed by atoms with Crippen LogP contribution in [0.4, 0.5) is 0 Å². The molecule has 0 bridgehead atoms. The second kappa shape index (κ2) is 7.15. The van der Waals surface area contributed by atoms with Crippen LogP contribution in [0.15, 0.2) is 52.3 Å².